The summed E-state index contributed by atoms with van der Waals surface area (Å²) in [6, 6.07) is 29.3. The van der Waals surface area contributed by atoms with Crippen molar-refractivity contribution in [2.75, 3.05) is 0 Å². The molecule has 0 nitrogen and oxygen atoms in total. The van der Waals surface area contributed by atoms with Crippen LogP contribution in [0.5, 0.6) is 0 Å². The summed E-state index contributed by atoms with van der Waals surface area (Å²) in [5, 5.41) is 5.32. The van der Waals surface area contributed by atoms with E-state index >= 15 is 0 Å². The standard InChI is InChI=1S/2C9H7.C2H6.CH3Si.2ClH.Zr/c2*1-2-5-9-7-3-6-8(9)4-1;2*1-2;;;/h2*1-7H;1-2H3;1H3;2*1H;/q2*-1;;;;;+4/p-2. The van der Waals surface area contributed by atoms with Gasteiger partial charge in [-0.05, 0) is 0 Å². The molecule has 4 heteroatoms. The predicted octanol–water partition coefficient (Wildman–Crippen LogP) is 0.352. The third kappa shape index (κ3) is 9.56. The van der Waals surface area contributed by atoms with Crippen LogP contribution in [0.25, 0.3) is 21.5 Å². The summed E-state index contributed by atoms with van der Waals surface area (Å²) in [4.78, 5) is 0. The van der Waals surface area contributed by atoms with E-state index in [1.165, 1.54) is 21.5 Å². The van der Waals surface area contributed by atoms with Gasteiger partial charge in [-0.2, -0.15) is 35.0 Å². The van der Waals surface area contributed by atoms with Gasteiger partial charge in [-0.1, -0.05) is 32.5 Å². The molecule has 0 aromatic heterocycles. The van der Waals surface area contributed by atoms with Gasteiger partial charge in [-0.25, -0.2) is 0 Å². The molecule has 4 aromatic carbocycles. The molecule has 0 atom stereocenters. The molecule has 0 aliphatic carbocycles. The minimum absolute atomic E-state index is 0. The molecule has 0 saturated heterocycles. The van der Waals surface area contributed by atoms with Gasteiger partial charge in [0, 0.05) is 10.2 Å². The second-order valence-corrected chi connectivity index (χ2v) is 4.31. The van der Waals surface area contributed by atoms with Gasteiger partial charge in [0.1, 0.15) is 0 Å². The van der Waals surface area contributed by atoms with Crippen LogP contribution in [-0.2, 0) is 26.2 Å². The zero-order chi connectivity index (χ0) is 16.2. The Balaban J connectivity index is -0.000000294. The van der Waals surface area contributed by atoms with E-state index in [0.29, 0.717) is 0 Å². The normalized spacial score (nSPS) is 7.84. The Morgan fingerprint density at radius 1 is 0.600 bits per heavy atom. The summed E-state index contributed by atoms with van der Waals surface area (Å²) < 4.78 is 0. The molecule has 4 aromatic rings. The Labute approximate surface area is 187 Å². The van der Waals surface area contributed by atoms with Gasteiger partial charge in [0.2, 0.25) is 0 Å². The molecule has 0 aliphatic heterocycles. The van der Waals surface area contributed by atoms with Crippen molar-refractivity contribution in [3.63, 3.8) is 0 Å². The summed E-state index contributed by atoms with van der Waals surface area (Å²) in [6.45, 7) is 5.81. The number of hydrogen-bond donors (Lipinski definition) is 0. The molecule has 0 unspecified atom stereocenters. The number of fused-ring (bicyclic) bond motifs is 2. The van der Waals surface area contributed by atoms with Crippen LogP contribution < -0.4 is 24.8 Å². The Hall–Kier alpha value is -0.660. The average molecular weight is 466 g/mol. The molecule has 0 heterocycles. The summed E-state index contributed by atoms with van der Waals surface area (Å²) in [5.74, 6) is 0. The van der Waals surface area contributed by atoms with Crippen molar-refractivity contribution in [3.8, 4) is 0 Å². The van der Waals surface area contributed by atoms with Crippen LogP contribution in [0, 0.1) is 0 Å². The van der Waals surface area contributed by atoms with Crippen molar-refractivity contribution in [1.29, 1.82) is 0 Å². The predicted molar refractivity (Wildman–Crippen MR) is 102 cm³/mol. The van der Waals surface area contributed by atoms with Gasteiger partial charge in [0.05, 0.1) is 0 Å². The maximum absolute atomic E-state index is 2.97. The molecule has 0 N–H and O–H groups in total. The van der Waals surface area contributed by atoms with E-state index < -0.39 is 0 Å². The van der Waals surface area contributed by atoms with Crippen molar-refractivity contribution >= 4 is 31.8 Å². The average Bonchev–Trinajstić information content (AvgIpc) is 3.28. The van der Waals surface area contributed by atoms with Crippen LogP contribution in [0.3, 0.4) is 0 Å². The molecule has 0 aliphatic rings. The number of rotatable bonds is 0. The maximum Gasteiger partial charge on any atom is 4.00 e. The van der Waals surface area contributed by atoms with E-state index in [1.54, 1.807) is 6.55 Å². The Bertz CT molecular complexity index is 636. The molecule has 0 saturated carbocycles. The van der Waals surface area contributed by atoms with Gasteiger partial charge in [0.15, 0.2) is 0 Å². The molecule has 0 spiro atoms. The minimum atomic E-state index is 0. The fourth-order valence-electron chi connectivity index (χ4n) is 2.14. The summed E-state index contributed by atoms with van der Waals surface area (Å²) in [5.41, 5.74) is 0. The third-order valence-corrected chi connectivity index (χ3v) is 3.10. The van der Waals surface area contributed by atoms with Crippen LogP contribution in [0.15, 0.2) is 84.9 Å². The van der Waals surface area contributed by atoms with E-state index in [2.05, 4.69) is 95.2 Å². The molecule has 3 radical (unpaired) electrons. The van der Waals surface area contributed by atoms with Crippen molar-refractivity contribution in [3.05, 3.63) is 84.9 Å². The molecule has 129 valence electrons. The van der Waals surface area contributed by atoms with Crippen LogP contribution >= 0.6 is 0 Å². The molecule has 25 heavy (non-hydrogen) atoms. The number of hydrogen-bond acceptors (Lipinski definition) is 0. The number of benzene rings is 2. The first-order valence-electron chi connectivity index (χ1n) is 7.64. The smallest absolute Gasteiger partial charge is 1.00 e. The number of halogens is 2. The van der Waals surface area contributed by atoms with E-state index in [4.69, 9.17) is 0 Å². The van der Waals surface area contributed by atoms with Crippen molar-refractivity contribution < 1.29 is 51.0 Å². The molecule has 4 rings (SSSR count). The van der Waals surface area contributed by atoms with Crippen molar-refractivity contribution in [1.82, 2.24) is 0 Å². The first kappa shape index (κ1) is 29.1. The van der Waals surface area contributed by atoms with Gasteiger partial charge < -0.3 is 24.8 Å². The first-order chi connectivity index (χ1) is 10.9. The topological polar surface area (TPSA) is 0 Å². The fraction of sp³-hybridized carbons (Fsp3) is 0.143. The van der Waals surface area contributed by atoms with Gasteiger partial charge in [-0.15, -0.1) is 59.3 Å². The monoisotopic (exact) mass is 463 g/mol. The van der Waals surface area contributed by atoms with Crippen LogP contribution in [0.2, 0.25) is 6.55 Å². The van der Waals surface area contributed by atoms with E-state index in [9.17, 15) is 0 Å². The molecule has 0 amide bonds. The van der Waals surface area contributed by atoms with E-state index in [0.717, 1.165) is 0 Å². The van der Waals surface area contributed by atoms with Gasteiger partial charge in [0.25, 0.3) is 0 Å². The third-order valence-electron chi connectivity index (χ3n) is 3.10. The Kier molecular flexibility index (Phi) is 21.1. The molecule has 0 fully saturated rings. The second kappa shape index (κ2) is 18.1. The summed E-state index contributed by atoms with van der Waals surface area (Å²) in [7, 11) is 2.97. The molecule has 0 bridgehead atoms. The van der Waals surface area contributed by atoms with Crippen LogP contribution in [0.1, 0.15) is 13.8 Å². The quantitative estimate of drug-likeness (QED) is 0.260. The fourth-order valence-corrected chi connectivity index (χ4v) is 2.14. The minimum Gasteiger partial charge on any atom is -1.00 e. The molecular formula is C21H23Cl2SiZr. The van der Waals surface area contributed by atoms with E-state index in [1.807, 2.05) is 13.8 Å². The molecular weight excluding hydrogens is 442 g/mol. The maximum atomic E-state index is 2.97. The van der Waals surface area contributed by atoms with Crippen molar-refractivity contribution in [2.45, 2.75) is 20.4 Å². The largest absolute Gasteiger partial charge is 4.00 e. The SMILES string of the molecule is CC.C[Si].[Cl-].[Cl-].[Zr+4].c1ccc2[cH-]ccc2c1.c1ccc2[cH-]ccc2c1. The van der Waals surface area contributed by atoms with Gasteiger partial charge in [-0.3, -0.25) is 0 Å². The first-order valence-corrected chi connectivity index (χ1v) is 8.64. The van der Waals surface area contributed by atoms with Crippen molar-refractivity contribution in [2.24, 2.45) is 0 Å². The van der Waals surface area contributed by atoms with Crippen LogP contribution in [-0.4, -0.2) is 10.2 Å². The zero-order valence-electron chi connectivity index (χ0n) is 14.8. The van der Waals surface area contributed by atoms with E-state index in [-0.39, 0.29) is 51.0 Å². The summed E-state index contributed by atoms with van der Waals surface area (Å²) in [6.07, 6.45) is 0. The van der Waals surface area contributed by atoms with Crippen LogP contribution in [0.4, 0.5) is 0 Å². The summed E-state index contributed by atoms with van der Waals surface area (Å²) >= 11 is 0. The zero-order valence-corrected chi connectivity index (χ0v) is 19.8. The van der Waals surface area contributed by atoms with Gasteiger partial charge >= 0.3 is 26.2 Å². The Morgan fingerprint density at radius 2 is 0.920 bits per heavy atom. The second-order valence-electron chi connectivity index (χ2n) is 4.31. The Morgan fingerprint density at radius 3 is 1.24 bits per heavy atom.